The smallest absolute Gasteiger partial charge is 0.377 e. The van der Waals surface area contributed by atoms with Crippen LogP contribution >= 0.6 is 0 Å². The average Bonchev–Trinajstić information content (AvgIpc) is 2.47. The highest BCUT2D eigenvalue weighted by Gasteiger charge is 2.46. The zero-order valence-corrected chi connectivity index (χ0v) is 16.9. The van der Waals surface area contributed by atoms with Gasteiger partial charge in [0, 0.05) is 44.0 Å². The van der Waals surface area contributed by atoms with Gasteiger partial charge in [-0.2, -0.15) is 0 Å². The summed E-state index contributed by atoms with van der Waals surface area (Å²) in [4.78, 5) is 0. The number of hydrogen-bond donors (Lipinski definition) is 1. The molecule has 0 atom stereocenters. The molecular weight excluding hydrogens is 312 g/mol. The van der Waals surface area contributed by atoms with Gasteiger partial charge in [-0.25, -0.2) is 0 Å². The highest BCUT2D eigenvalue weighted by molar-refractivity contribution is 6.60. The van der Waals surface area contributed by atoms with Gasteiger partial charge in [0.15, 0.2) is 0 Å². The molecule has 0 aromatic rings. The number of hydroxylamine groups is 2. The van der Waals surface area contributed by atoms with Crippen LogP contribution in [-0.2, 0) is 18.5 Å². The summed E-state index contributed by atoms with van der Waals surface area (Å²) in [5.41, 5.74) is -0.662. The first-order valence-electron chi connectivity index (χ1n) is 8.57. The van der Waals surface area contributed by atoms with Crippen LogP contribution in [0.5, 0.6) is 0 Å². The maximum atomic E-state index is 12.4. The van der Waals surface area contributed by atoms with E-state index in [1.54, 1.807) is 14.2 Å². The Hall–Kier alpha value is -0.0231. The summed E-state index contributed by atoms with van der Waals surface area (Å²) in [5.74, 6) is 0. The Balaban J connectivity index is 2.47. The summed E-state index contributed by atoms with van der Waals surface area (Å²) < 4.78 is 16.8. The largest absolute Gasteiger partial charge is 0.500 e. The van der Waals surface area contributed by atoms with Gasteiger partial charge in [0.25, 0.3) is 0 Å². The maximum Gasteiger partial charge on any atom is 0.500 e. The SMILES string of the molecule is CCO[Si](CCCNC1CC(C)(C)N([O])C(C)(C)C1)(OC)OC. The number of piperidine rings is 1. The van der Waals surface area contributed by atoms with Gasteiger partial charge in [0.05, 0.1) is 0 Å². The Bertz CT molecular complexity index is 344. The van der Waals surface area contributed by atoms with Gasteiger partial charge in [-0.3, -0.25) is 0 Å². The van der Waals surface area contributed by atoms with Crippen LogP contribution in [0.15, 0.2) is 0 Å². The van der Waals surface area contributed by atoms with Crippen molar-refractivity contribution in [2.45, 2.75) is 77.0 Å². The third-order valence-corrected chi connectivity index (χ3v) is 7.61. The summed E-state index contributed by atoms with van der Waals surface area (Å²) >= 11 is 0. The first kappa shape index (κ1) is 21.0. The van der Waals surface area contributed by atoms with Crippen LogP contribution in [0.2, 0.25) is 6.04 Å². The first-order chi connectivity index (χ1) is 10.6. The van der Waals surface area contributed by atoms with E-state index in [1.165, 1.54) is 5.06 Å². The van der Waals surface area contributed by atoms with Crippen molar-refractivity contribution in [3.8, 4) is 0 Å². The predicted molar refractivity (Wildman–Crippen MR) is 92.5 cm³/mol. The predicted octanol–water partition coefficient (Wildman–Crippen LogP) is 2.60. The number of hydrogen-bond acceptors (Lipinski definition) is 5. The van der Waals surface area contributed by atoms with Crippen molar-refractivity contribution in [3.05, 3.63) is 0 Å². The lowest BCUT2D eigenvalue weighted by atomic mass is 9.79. The van der Waals surface area contributed by atoms with Crippen molar-refractivity contribution in [3.63, 3.8) is 0 Å². The zero-order chi connectivity index (χ0) is 17.7. The fraction of sp³-hybridized carbons (Fsp3) is 1.00. The molecule has 1 saturated heterocycles. The van der Waals surface area contributed by atoms with Crippen molar-refractivity contribution in [1.82, 2.24) is 10.4 Å². The molecule has 1 N–H and O–H groups in total. The van der Waals surface area contributed by atoms with E-state index in [2.05, 4.69) is 5.32 Å². The standard InChI is InChI=1S/C16H35N2O4Si/c1-8-22-23(20-6,21-7)11-9-10-17-14-12-15(2,3)18(19)16(4,5)13-14/h14,17H,8-13H2,1-7H3. The summed E-state index contributed by atoms with van der Waals surface area (Å²) in [6, 6.07) is 1.16. The number of nitrogens with one attached hydrogen (secondary N) is 1. The molecule has 1 aliphatic rings. The molecule has 1 radical (unpaired) electrons. The van der Waals surface area contributed by atoms with E-state index >= 15 is 0 Å². The second-order valence-electron chi connectivity index (χ2n) is 7.61. The molecule has 1 fully saturated rings. The Kier molecular flexibility index (Phi) is 7.66. The topological polar surface area (TPSA) is 62.9 Å². The average molecular weight is 348 g/mol. The Morgan fingerprint density at radius 3 is 2.09 bits per heavy atom. The molecule has 1 heterocycles. The molecule has 0 amide bonds. The minimum absolute atomic E-state index is 0.331. The fourth-order valence-electron chi connectivity index (χ4n) is 3.72. The van der Waals surface area contributed by atoms with Gasteiger partial charge in [-0.15, -0.1) is 10.3 Å². The van der Waals surface area contributed by atoms with Crippen molar-refractivity contribution in [2.24, 2.45) is 0 Å². The van der Waals surface area contributed by atoms with E-state index in [1.807, 2.05) is 34.6 Å². The van der Waals surface area contributed by atoms with Crippen LogP contribution in [0.1, 0.15) is 53.9 Å². The molecule has 0 bridgehead atoms. The van der Waals surface area contributed by atoms with E-state index in [-0.39, 0.29) is 11.1 Å². The summed E-state index contributed by atoms with van der Waals surface area (Å²) in [6.45, 7) is 11.5. The lowest BCUT2D eigenvalue weighted by Gasteiger charge is -2.50. The Morgan fingerprint density at radius 1 is 1.13 bits per heavy atom. The van der Waals surface area contributed by atoms with Crippen LogP contribution in [-0.4, -0.2) is 58.4 Å². The van der Waals surface area contributed by atoms with Gasteiger partial charge in [-0.05, 0) is 60.4 Å². The molecule has 0 aliphatic carbocycles. The van der Waals surface area contributed by atoms with Gasteiger partial charge in [-0.1, -0.05) is 0 Å². The molecule has 0 saturated carbocycles. The third kappa shape index (κ3) is 5.49. The maximum absolute atomic E-state index is 12.4. The molecular formula is C16H35N2O4Si. The van der Waals surface area contributed by atoms with Crippen molar-refractivity contribution < 1.29 is 18.5 Å². The van der Waals surface area contributed by atoms with Crippen LogP contribution in [0.3, 0.4) is 0 Å². The quantitative estimate of drug-likeness (QED) is 0.513. The van der Waals surface area contributed by atoms with Crippen molar-refractivity contribution >= 4 is 8.80 Å². The second-order valence-corrected chi connectivity index (χ2v) is 10.6. The molecule has 137 valence electrons. The minimum atomic E-state index is -2.50. The lowest BCUT2D eigenvalue weighted by Crippen LogP contribution is -2.61. The van der Waals surface area contributed by atoms with Crippen LogP contribution in [0.25, 0.3) is 0 Å². The van der Waals surface area contributed by atoms with Crippen LogP contribution in [0, 0.1) is 0 Å². The monoisotopic (exact) mass is 347 g/mol. The minimum Gasteiger partial charge on any atom is -0.377 e. The Labute approximate surface area is 142 Å². The highest BCUT2D eigenvalue weighted by Crippen LogP contribution is 2.36. The molecule has 0 aromatic carbocycles. The van der Waals surface area contributed by atoms with E-state index in [0.29, 0.717) is 12.6 Å². The molecule has 7 heteroatoms. The van der Waals surface area contributed by atoms with Crippen LogP contribution in [0.4, 0.5) is 0 Å². The van der Waals surface area contributed by atoms with Gasteiger partial charge in [0.2, 0.25) is 0 Å². The van der Waals surface area contributed by atoms with Gasteiger partial charge < -0.3 is 18.6 Å². The summed E-state index contributed by atoms with van der Waals surface area (Å²) in [7, 11) is 0.825. The van der Waals surface area contributed by atoms with E-state index in [9.17, 15) is 5.21 Å². The van der Waals surface area contributed by atoms with E-state index < -0.39 is 8.80 Å². The summed E-state index contributed by atoms with van der Waals surface area (Å²) in [5, 5.41) is 17.2. The molecule has 1 rings (SSSR count). The molecule has 0 spiro atoms. The molecule has 6 nitrogen and oxygen atoms in total. The lowest BCUT2D eigenvalue weighted by molar-refractivity contribution is -0.290. The van der Waals surface area contributed by atoms with Crippen LogP contribution < -0.4 is 5.32 Å². The van der Waals surface area contributed by atoms with Crippen molar-refractivity contribution in [1.29, 1.82) is 0 Å². The van der Waals surface area contributed by atoms with Gasteiger partial charge >= 0.3 is 8.80 Å². The molecule has 23 heavy (non-hydrogen) atoms. The second kappa shape index (κ2) is 8.38. The number of rotatable bonds is 9. The molecule has 0 aromatic heterocycles. The normalized spacial score (nSPS) is 22.4. The first-order valence-corrected chi connectivity index (χ1v) is 10.5. The Morgan fingerprint density at radius 2 is 1.65 bits per heavy atom. The van der Waals surface area contributed by atoms with E-state index in [0.717, 1.165) is 31.9 Å². The molecule has 0 unspecified atom stereocenters. The third-order valence-electron chi connectivity index (χ3n) is 4.67. The summed E-state index contributed by atoms with van der Waals surface area (Å²) in [6.07, 6.45) is 2.66. The van der Waals surface area contributed by atoms with Crippen molar-refractivity contribution in [2.75, 3.05) is 27.4 Å². The molecule has 1 aliphatic heterocycles. The zero-order valence-electron chi connectivity index (χ0n) is 15.9. The van der Waals surface area contributed by atoms with Gasteiger partial charge in [0.1, 0.15) is 0 Å². The highest BCUT2D eigenvalue weighted by atomic mass is 28.4. The van der Waals surface area contributed by atoms with E-state index in [4.69, 9.17) is 13.3 Å². The number of nitrogens with zero attached hydrogens (tertiary/aromatic N) is 1. The fourth-order valence-corrected chi connectivity index (χ4v) is 5.72.